The average molecular weight is 322 g/mol. The van der Waals surface area contributed by atoms with E-state index in [1.165, 1.54) is 11.1 Å². The summed E-state index contributed by atoms with van der Waals surface area (Å²) >= 11 is 6.54. The molecule has 116 valence electrons. The lowest BCUT2D eigenvalue weighted by Crippen LogP contribution is -2.12. The molecule has 0 aliphatic rings. The van der Waals surface area contributed by atoms with Crippen molar-refractivity contribution in [3.63, 3.8) is 0 Å². The minimum Gasteiger partial charge on any atom is -0.309 e. The van der Waals surface area contributed by atoms with Crippen LogP contribution in [0.1, 0.15) is 16.7 Å². The van der Waals surface area contributed by atoms with Gasteiger partial charge in [-0.05, 0) is 56.7 Å². The highest BCUT2D eigenvalue weighted by atomic mass is 35.5. The molecular formula is C21H20ClN. The highest BCUT2D eigenvalue weighted by Gasteiger charge is 2.17. The lowest BCUT2D eigenvalue weighted by molar-refractivity contribution is 1.24. The third-order valence-corrected chi connectivity index (χ3v) is 4.30. The Kier molecular flexibility index (Phi) is 4.40. The highest BCUT2D eigenvalue weighted by Crippen LogP contribution is 2.40. The minimum absolute atomic E-state index is 0.756. The normalized spacial score (nSPS) is 10.6. The summed E-state index contributed by atoms with van der Waals surface area (Å²) in [7, 11) is 0. The smallest absolute Gasteiger partial charge is 0.0677 e. The molecule has 0 unspecified atom stereocenters. The fourth-order valence-electron chi connectivity index (χ4n) is 2.70. The maximum atomic E-state index is 6.54. The Morgan fingerprint density at radius 1 is 0.652 bits per heavy atom. The molecule has 3 aromatic carbocycles. The molecule has 0 aliphatic heterocycles. The van der Waals surface area contributed by atoms with Gasteiger partial charge in [0.1, 0.15) is 0 Å². The van der Waals surface area contributed by atoms with Gasteiger partial charge in [0.2, 0.25) is 0 Å². The highest BCUT2D eigenvalue weighted by molar-refractivity contribution is 6.33. The van der Waals surface area contributed by atoms with Gasteiger partial charge in [-0.1, -0.05) is 59.1 Å². The van der Waals surface area contributed by atoms with Crippen LogP contribution in [0.5, 0.6) is 0 Å². The third-order valence-electron chi connectivity index (χ3n) is 4.00. The third kappa shape index (κ3) is 3.25. The van der Waals surface area contributed by atoms with Crippen LogP contribution in [0.25, 0.3) is 0 Å². The first-order chi connectivity index (χ1) is 11.1. The largest absolute Gasteiger partial charge is 0.309 e. The standard InChI is InChI=1S/C21H20ClN/c1-15-7-11-18(12-8-15)23(19-13-9-16(2)10-14-19)21-17(3)5-4-6-20(21)22/h4-14H,1-3H3. The van der Waals surface area contributed by atoms with E-state index in [-0.39, 0.29) is 0 Å². The van der Waals surface area contributed by atoms with Crippen molar-refractivity contribution >= 4 is 28.7 Å². The molecule has 0 amide bonds. The zero-order valence-corrected chi connectivity index (χ0v) is 14.4. The number of nitrogens with zero attached hydrogens (tertiary/aromatic N) is 1. The first kappa shape index (κ1) is 15.6. The molecular weight excluding hydrogens is 302 g/mol. The molecule has 1 nitrogen and oxygen atoms in total. The van der Waals surface area contributed by atoms with Crippen LogP contribution in [0.4, 0.5) is 17.1 Å². The topological polar surface area (TPSA) is 3.24 Å². The molecule has 0 saturated heterocycles. The van der Waals surface area contributed by atoms with Gasteiger partial charge in [0.25, 0.3) is 0 Å². The maximum Gasteiger partial charge on any atom is 0.0677 e. The number of anilines is 3. The van der Waals surface area contributed by atoms with Crippen molar-refractivity contribution in [2.75, 3.05) is 4.90 Å². The molecule has 3 aromatic rings. The first-order valence-electron chi connectivity index (χ1n) is 7.75. The summed E-state index contributed by atoms with van der Waals surface area (Å²) in [6.45, 7) is 6.29. The summed E-state index contributed by atoms with van der Waals surface area (Å²) in [6, 6.07) is 23.1. The van der Waals surface area contributed by atoms with Crippen LogP contribution in [0.3, 0.4) is 0 Å². The second-order valence-electron chi connectivity index (χ2n) is 5.91. The predicted molar refractivity (Wildman–Crippen MR) is 100 cm³/mol. The first-order valence-corrected chi connectivity index (χ1v) is 8.12. The number of hydrogen-bond acceptors (Lipinski definition) is 1. The van der Waals surface area contributed by atoms with Gasteiger partial charge in [-0.2, -0.15) is 0 Å². The molecule has 0 fully saturated rings. The Hall–Kier alpha value is -2.25. The summed E-state index contributed by atoms with van der Waals surface area (Å²) in [5, 5.41) is 0.756. The average Bonchev–Trinajstić information content (AvgIpc) is 2.53. The Balaban J connectivity index is 2.21. The van der Waals surface area contributed by atoms with Crippen LogP contribution in [0.15, 0.2) is 66.7 Å². The monoisotopic (exact) mass is 321 g/mol. The van der Waals surface area contributed by atoms with Crippen LogP contribution in [-0.2, 0) is 0 Å². The maximum absolute atomic E-state index is 6.54. The van der Waals surface area contributed by atoms with Crippen LogP contribution in [-0.4, -0.2) is 0 Å². The summed E-state index contributed by atoms with van der Waals surface area (Å²) < 4.78 is 0. The van der Waals surface area contributed by atoms with E-state index in [1.54, 1.807) is 0 Å². The molecule has 0 radical (unpaired) electrons. The van der Waals surface area contributed by atoms with E-state index >= 15 is 0 Å². The molecule has 0 aliphatic carbocycles. The fourth-order valence-corrected chi connectivity index (χ4v) is 3.01. The molecule has 0 bridgehead atoms. The Bertz CT molecular complexity index is 739. The zero-order chi connectivity index (χ0) is 16.4. The lowest BCUT2D eigenvalue weighted by Gasteiger charge is -2.28. The van der Waals surface area contributed by atoms with Gasteiger partial charge < -0.3 is 4.90 Å². The van der Waals surface area contributed by atoms with Gasteiger partial charge in [-0.3, -0.25) is 0 Å². The minimum atomic E-state index is 0.756. The Morgan fingerprint density at radius 3 is 1.57 bits per heavy atom. The number of hydrogen-bond donors (Lipinski definition) is 0. The summed E-state index contributed by atoms with van der Waals surface area (Å²) in [6.07, 6.45) is 0. The summed E-state index contributed by atoms with van der Waals surface area (Å²) in [4.78, 5) is 2.22. The van der Waals surface area contributed by atoms with Gasteiger partial charge >= 0.3 is 0 Å². The van der Waals surface area contributed by atoms with Gasteiger partial charge in [0.05, 0.1) is 10.7 Å². The van der Waals surface area contributed by atoms with Crippen LogP contribution < -0.4 is 4.90 Å². The van der Waals surface area contributed by atoms with Gasteiger partial charge in [-0.15, -0.1) is 0 Å². The van der Waals surface area contributed by atoms with Gasteiger partial charge in [0, 0.05) is 11.4 Å². The van der Waals surface area contributed by atoms with E-state index in [4.69, 9.17) is 11.6 Å². The van der Waals surface area contributed by atoms with E-state index in [0.717, 1.165) is 27.6 Å². The quantitative estimate of drug-likeness (QED) is 0.516. The molecule has 0 heterocycles. The number of para-hydroxylation sites is 1. The zero-order valence-electron chi connectivity index (χ0n) is 13.7. The van der Waals surface area contributed by atoms with Crippen molar-refractivity contribution in [1.29, 1.82) is 0 Å². The summed E-state index contributed by atoms with van der Waals surface area (Å²) in [5.74, 6) is 0. The predicted octanol–water partition coefficient (Wildman–Crippen LogP) is 6.74. The van der Waals surface area contributed by atoms with Crippen molar-refractivity contribution in [3.8, 4) is 0 Å². The molecule has 0 N–H and O–H groups in total. The Morgan fingerprint density at radius 2 is 1.13 bits per heavy atom. The van der Waals surface area contributed by atoms with E-state index in [2.05, 4.69) is 80.3 Å². The van der Waals surface area contributed by atoms with Gasteiger partial charge in [-0.25, -0.2) is 0 Å². The van der Waals surface area contributed by atoms with E-state index in [1.807, 2.05) is 12.1 Å². The van der Waals surface area contributed by atoms with Crippen LogP contribution >= 0.6 is 11.6 Å². The number of halogens is 1. The number of benzene rings is 3. The van der Waals surface area contributed by atoms with Crippen molar-refractivity contribution in [3.05, 3.63) is 88.4 Å². The van der Waals surface area contributed by atoms with Crippen molar-refractivity contribution in [2.45, 2.75) is 20.8 Å². The van der Waals surface area contributed by atoms with E-state index < -0.39 is 0 Å². The molecule has 0 aromatic heterocycles. The van der Waals surface area contributed by atoms with Crippen LogP contribution in [0, 0.1) is 20.8 Å². The molecule has 3 rings (SSSR count). The van der Waals surface area contributed by atoms with E-state index in [9.17, 15) is 0 Å². The molecule has 2 heteroatoms. The second kappa shape index (κ2) is 6.47. The molecule has 23 heavy (non-hydrogen) atoms. The van der Waals surface area contributed by atoms with Crippen LogP contribution in [0.2, 0.25) is 5.02 Å². The number of rotatable bonds is 3. The van der Waals surface area contributed by atoms with Crippen molar-refractivity contribution in [2.24, 2.45) is 0 Å². The van der Waals surface area contributed by atoms with Gasteiger partial charge in [0.15, 0.2) is 0 Å². The van der Waals surface area contributed by atoms with Crippen molar-refractivity contribution in [1.82, 2.24) is 0 Å². The van der Waals surface area contributed by atoms with Crippen molar-refractivity contribution < 1.29 is 0 Å². The summed E-state index contributed by atoms with van der Waals surface area (Å²) in [5.41, 5.74) is 6.88. The number of aryl methyl sites for hydroxylation is 3. The fraction of sp³-hybridized carbons (Fsp3) is 0.143. The molecule has 0 spiro atoms. The van der Waals surface area contributed by atoms with E-state index in [0.29, 0.717) is 0 Å². The molecule has 0 saturated carbocycles. The Labute approximate surface area is 143 Å². The second-order valence-corrected chi connectivity index (χ2v) is 6.32. The SMILES string of the molecule is Cc1ccc(N(c2ccc(C)cc2)c2c(C)cccc2Cl)cc1. The molecule has 0 atom stereocenters. The lowest BCUT2D eigenvalue weighted by atomic mass is 10.1.